The molecule has 1 aromatic heterocycles. The van der Waals surface area contributed by atoms with Gasteiger partial charge in [0.2, 0.25) is 5.91 Å². The molecule has 0 saturated heterocycles. The third-order valence-electron chi connectivity index (χ3n) is 2.31. The van der Waals surface area contributed by atoms with Crippen molar-refractivity contribution >= 4 is 17.2 Å². The fraction of sp³-hybridized carbons (Fsp3) is 0.636. The molecule has 0 saturated carbocycles. The maximum Gasteiger partial charge on any atom is 0.237 e. The highest BCUT2D eigenvalue weighted by Gasteiger charge is 2.12. The Hall–Kier alpha value is -0.980. The van der Waals surface area contributed by atoms with Gasteiger partial charge in [-0.15, -0.1) is 11.3 Å². The summed E-state index contributed by atoms with van der Waals surface area (Å²) in [6, 6.07) is -0.468. The molecule has 0 aliphatic carbocycles. The predicted molar refractivity (Wildman–Crippen MR) is 67.8 cm³/mol. The van der Waals surface area contributed by atoms with Gasteiger partial charge in [0.1, 0.15) is 0 Å². The van der Waals surface area contributed by atoms with Crippen LogP contribution in [0.4, 0.5) is 0 Å². The van der Waals surface area contributed by atoms with Gasteiger partial charge in [-0.1, -0.05) is 0 Å². The molecule has 1 rings (SSSR count). The highest BCUT2D eigenvalue weighted by molar-refractivity contribution is 7.09. The highest BCUT2D eigenvalue weighted by Crippen LogP contribution is 2.07. The van der Waals surface area contributed by atoms with Crippen molar-refractivity contribution in [1.29, 1.82) is 0 Å². The normalized spacial score (nSPS) is 12.4. The standard InChI is InChI=1S/C11H19N3O2S/c1-8-14-9(7-17-8)6-13-11(15)10(12)4-3-5-16-2/h7,10H,3-6,12H2,1-2H3,(H,13,15). The molecule has 3 N–H and O–H groups in total. The molecule has 1 aromatic rings. The number of nitrogens with two attached hydrogens (primary N) is 1. The summed E-state index contributed by atoms with van der Waals surface area (Å²) in [5, 5.41) is 5.71. The molecule has 0 fully saturated rings. The Bertz CT molecular complexity index is 354. The van der Waals surface area contributed by atoms with Gasteiger partial charge in [0, 0.05) is 19.1 Å². The molecule has 0 bridgehead atoms. The number of aryl methyl sites for hydroxylation is 1. The van der Waals surface area contributed by atoms with Crippen LogP contribution in [0.5, 0.6) is 0 Å². The molecule has 1 heterocycles. The average molecular weight is 257 g/mol. The molecule has 0 radical (unpaired) electrons. The van der Waals surface area contributed by atoms with E-state index in [-0.39, 0.29) is 5.91 Å². The summed E-state index contributed by atoms with van der Waals surface area (Å²) >= 11 is 1.57. The maximum absolute atomic E-state index is 11.6. The van der Waals surface area contributed by atoms with E-state index in [2.05, 4.69) is 10.3 Å². The lowest BCUT2D eigenvalue weighted by molar-refractivity contribution is -0.122. The summed E-state index contributed by atoms with van der Waals surface area (Å²) in [5.74, 6) is -0.133. The van der Waals surface area contributed by atoms with Gasteiger partial charge in [-0.05, 0) is 19.8 Å². The molecule has 1 amide bonds. The predicted octanol–water partition coefficient (Wildman–Crippen LogP) is 0.822. The number of hydrogen-bond acceptors (Lipinski definition) is 5. The van der Waals surface area contributed by atoms with Crippen molar-refractivity contribution in [2.45, 2.75) is 32.4 Å². The van der Waals surface area contributed by atoms with Crippen LogP contribution in [-0.4, -0.2) is 30.6 Å². The van der Waals surface area contributed by atoms with Crippen molar-refractivity contribution in [2.75, 3.05) is 13.7 Å². The number of amides is 1. The zero-order valence-corrected chi connectivity index (χ0v) is 11.0. The van der Waals surface area contributed by atoms with Gasteiger partial charge in [0.15, 0.2) is 0 Å². The van der Waals surface area contributed by atoms with Crippen molar-refractivity contribution in [3.8, 4) is 0 Å². The van der Waals surface area contributed by atoms with E-state index in [0.29, 0.717) is 19.6 Å². The number of nitrogens with zero attached hydrogens (tertiary/aromatic N) is 1. The first-order valence-corrected chi connectivity index (χ1v) is 6.44. The second-order valence-corrected chi connectivity index (χ2v) is 4.88. The average Bonchev–Trinajstić information content (AvgIpc) is 2.72. The van der Waals surface area contributed by atoms with Gasteiger partial charge in [-0.2, -0.15) is 0 Å². The minimum atomic E-state index is -0.468. The van der Waals surface area contributed by atoms with Crippen LogP contribution in [0.3, 0.4) is 0 Å². The number of hydrogen-bond donors (Lipinski definition) is 2. The van der Waals surface area contributed by atoms with Gasteiger partial charge in [-0.25, -0.2) is 4.98 Å². The minimum Gasteiger partial charge on any atom is -0.385 e. The van der Waals surface area contributed by atoms with E-state index in [9.17, 15) is 4.79 Å². The number of aromatic nitrogens is 1. The topological polar surface area (TPSA) is 77.2 Å². The van der Waals surface area contributed by atoms with Crippen molar-refractivity contribution in [3.63, 3.8) is 0 Å². The van der Waals surface area contributed by atoms with Crippen LogP contribution in [0.25, 0.3) is 0 Å². The molecule has 0 spiro atoms. The Labute approximate surface area is 105 Å². The lowest BCUT2D eigenvalue weighted by Gasteiger charge is -2.11. The molecule has 17 heavy (non-hydrogen) atoms. The minimum absolute atomic E-state index is 0.133. The number of carbonyl (C=O) groups is 1. The lowest BCUT2D eigenvalue weighted by Crippen LogP contribution is -2.40. The Kier molecular flexibility index (Phi) is 6.10. The van der Waals surface area contributed by atoms with Crippen LogP contribution in [-0.2, 0) is 16.1 Å². The van der Waals surface area contributed by atoms with Crippen LogP contribution in [0.1, 0.15) is 23.5 Å². The van der Waals surface area contributed by atoms with Crippen molar-refractivity contribution in [1.82, 2.24) is 10.3 Å². The second-order valence-electron chi connectivity index (χ2n) is 3.82. The summed E-state index contributed by atoms with van der Waals surface area (Å²) in [7, 11) is 1.64. The van der Waals surface area contributed by atoms with Crippen molar-refractivity contribution < 1.29 is 9.53 Å². The fourth-order valence-corrected chi connectivity index (χ4v) is 1.99. The number of nitrogens with one attached hydrogen (secondary N) is 1. The number of methoxy groups -OCH3 is 1. The maximum atomic E-state index is 11.6. The first-order chi connectivity index (χ1) is 8.13. The van der Waals surface area contributed by atoms with Gasteiger partial charge in [0.05, 0.1) is 23.3 Å². The number of carbonyl (C=O) groups excluding carboxylic acids is 1. The summed E-state index contributed by atoms with van der Waals surface area (Å²) in [6.45, 7) is 3.01. The SMILES string of the molecule is COCCCC(N)C(=O)NCc1csc(C)n1. The van der Waals surface area contributed by atoms with Crippen molar-refractivity contribution in [3.05, 3.63) is 16.1 Å². The molecule has 96 valence electrons. The number of thiazole rings is 1. The molecule has 1 unspecified atom stereocenters. The van der Waals surface area contributed by atoms with Crippen LogP contribution in [0.15, 0.2) is 5.38 Å². The van der Waals surface area contributed by atoms with E-state index in [1.165, 1.54) is 0 Å². The van der Waals surface area contributed by atoms with E-state index in [1.807, 2.05) is 12.3 Å². The largest absolute Gasteiger partial charge is 0.385 e. The third-order valence-corrected chi connectivity index (χ3v) is 3.13. The first kappa shape index (κ1) is 14.1. The van der Waals surface area contributed by atoms with E-state index >= 15 is 0 Å². The number of rotatable bonds is 7. The Balaban J connectivity index is 2.24. The zero-order valence-electron chi connectivity index (χ0n) is 10.2. The third kappa shape index (κ3) is 5.25. The van der Waals surface area contributed by atoms with Crippen LogP contribution in [0, 0.1) is 6.92 Å². The summed E-state index contributed by atoms with van der Waals surface area (Å²) < 4.78 is 4.91. The molecular formula is C11H19N3O2S. The molecule has 6 heteroatoms. The van der Waals surface area contributed by atoms with Crippen LogP contribution < -0.4 is 11.1 Å². The Morgan fingerprint density at radius 1 is 1.71 bits per heavy atom. The molecule has 1 atom stereocenters. The lowest BCUT2D eigenvalue weighted by atomic mass is 10.1. The smallest absolute Gasteiger partial charge is 0.237 e. The summed E-state index contributed by atoms with van der Waals surface area (Å²) in [5.41, 5.74) is 6.62. The van der Waals surface area contributed by atoms with Gasteiger partial charge < -0.3 is 15.8 Å². The first-order valence-electron chi connectivity index (χ1n) is 5.56. The molecule has 0 aromatic carbocycles. The monoisotopic (exact) mass is 257 g/mol. The summed E-state index contributed by atoms with van der Waals surface area (Å²) in [6.07, 6.45) is 1.43. The van der Waals surface area contributed by atoms with E-state index in [0.717, 1.165) is 17.1 Å². The second kappa shape index (κ2) is 7.37. The Morgan fingerprint density at radius 3 is 3.06 bits per heavy atom. The molecule has 0 aliphatic heterocycles. The van der Waals surface area contributed by atoms with E-state index in [1.54, 1.807) is 18.4 Å². The molecule has 5 nitrogen and oxygen atoms in total. The number of ether oxygens (including phenoxy) is 1. The van der Waals surface area contributed by atoms with Gasteiger partial charge in [-0.3, -0.25) is 4.79 Å². The zero-order chi connectivity index (χ0) is 12.7. The quantitative estimate of drug-likeness (QED) is 0.709. The van der Waals surface area contributed by atoms with E-state index < -0.39 is 6.04 Å². The molecule has 0 aliphatic rings. The van der Waals surface area contributed by atoms with Crippen LogP contribution >= 0.6 is 11.3 Å². The van der Waals surface area contributed by atoms with E-state index in [4.69, 9.17) is 10.5 Å². The fourth-order valence-electron chi connectivity index (χ4n) is 1.38. The summed E-state index contributed by atoms with van der Waals surface area (Å²) in [4.78, 5) is 15.9. The highest BCUT2D eigenvalue weighted by atomic mass is 32.1. The van der Waals surface area contributed by atoms with Crippen LogP contribution in [0.2, 0.25) is 0 Å². The van der Waals surface area contributed by atoms with Gasteiger partial charge in [0.25, 0.3) is 0 Å². The Morgan fingerprint density at radius 2 is 2.47 bits per heavy atom. The molecular weight excluding hydrogens is 238 g/mol. The van der Waals surface area contributed by atoms with Gasteiger partial charge >= 0.3 is 0 Å². The van der Waals surface area contributed by atoms with Crippen molar-refractivity contribution in [2.24, 2.45) is 5.73 Å².